The van der Waals surface area contributed by atoms with Crippen molar-refractivity contribution >= 4 is 5.84 Å². The fraction of sp³-hybridized carbons (Fsp3) is 0.556. The number of nitrogens with one attached hydrogen (secondary N) is 2. The highest BCUT2D eigenvalue weighted by molar-refractivity contribution is 5.91. The van der Waals surface area contributed by atoms with Crippen LogP contribution in [0.1, 0.15) is 30.5 Å². The van der Waals surface area contributed by atoms with Crippen molar-refractivity contribution in [2.75, 3.05) is 6.61 Å². The maximum Gasteiger partial charge on any atom is 0.172 e. The first kappa shape index (κ1) is 10.1. The van der Waals surface area contributed by atoms with Crippen LogP contribution in [0.4, 0.5) is 0 Å². The summed E-state index contributed by atoms with van der Waals surface area (Å²) in [6.45, 7) is 0.0458. The van der Waals surface area contributed by atoms with Gasteiger partial charge in [-0.2, -0.15) is 0 Å². The van der Waals surface area contributed by atoms with Gasteiger partial charge in [-0.3, -0.25) is 5.41 Å². The van der Waals surface area contributed by atoms with Gasteiger partial charge in [-0.15, -0.1) is 0 Å². The quantitative estimate of drug-likeness (QED) is 0.413. The minimum atomic E-state index is -0.0852. The molecule has 6 nitrogen and oxygen atoms in total. The molecule has 1 aliphatic rings. The first-order valence-corrected chi connectivity index (χ1v) is 4.86. The van der Waals surface area contributed by atoms with Gasteiger partial charge in [0, 0.05) is 0 Å². The SMILES string of the molecule is N=C(N)c1ncc([C@H]2CC[C@@H](CO)O2)[nH]1. The zero-order valence-electron chi connectivity index (χ0n) is 8.23. The normalized spacial score (nSPS) is 25.7. The van der Waals surface area contributed by atoms with Crippen LogP contribution in [-0.4, -0.2) is 33.6 Å². The van der Waals surface area contributed by atoms with Crippen molar-refractivity contribution in [3.8, 4) is 0 Å². The summed E-state index contributed by atoms with van der Waals surface area (Å²) in [6.07, 6.45) is 3.17. The molecule has 15 heavy (non-hydrogen) atoms. The maximum absolute atomic E-state index is 8.92. The average Bonchev–Trinajstić information content (AvgIpc) is 2.86. The molecule has 2 rings (SSSR count). The molecule has 5 N–H and O–H groups in total. The number of ether oxygens (including phenoxy) is 1. The summed E-state index contributed by atoms with van der Waals surface area (Å²) in [5.41, 5.74) is 6.10. The van der Waals surface area contributed by atoms with Crippen LogP contribution in [0.2, 0.25) is 0 Å². The van der Waals surface area contributed by atoms with Gasteiger partial charge in [0.15, 0.2) is 11.7 Å². The molecule has 0 unspecified atom stereocenters. The third-order valence-electron chi connectivity index (χ3n) is 2.51. The molecule has 2 heterocycles. The maximum atomic E-state index is 8.92. The summed E-state index contributed by atoms with van der Waals surface area (Å²) >= 11 is 0. The Morgan fingerprint density at radius 3 is 3.07 bits per heavy atom. The predicted octanol–water partition coefficient (Wildman–Crippen LogP) is -0.0938. The first-order valence-electron chi connectivity index (χ1n) is 4.86. The lowest BCUT2D eigenvalue weighted by atomic mass is 10.1. The lowest BCUT2D eigenvalue weighted by molar-refractivity contribution is 0.00939. The summed E-state index contributed by atoms with van der Waals surface area (Å²) in [5.74, 6) is 0.277. The number of hydrogen-bond donors (Lipinski definition) is 4. The van der Waals surface area contributed by atoms with Crippen LogP contribution in [-0.2, 0) is 4.74 Å². The Kier molecular flexibility index (Phi) is 2.70. The molecule has 2 atom stereocenters. The van der Waals surface area contributed by atoms with E-state index in [0.717, 1.165) is 18.5 Å². The van der Waals surface area contributed by atoms with Crippen molar-refractivity contribution in [2.45, 2.75) is 25.0 Å². The Labute approximate surface area is 87.0 Å². The highest BCUT2D eigenvalue weighted by atomic mass is 16.5. The van der Waals surface area contributed by atoms with E-state index in [0.29, 0.717) is 5.82 Å². The van der Waals surface area contributed by atoms with Crippen molar-refractivity contribution in [1.82, 2.24) is 9.97 Å². The number of H-pyrrole nitrogens is 1. The van der Waals surface area contributed by atoms with Crippen LogP contribution in [0.3, 0.4) is 0 Å². The monoisotopic (exact) mass is 210 g/mol. The van der Waals surface area contributed by atoms with E-state index in [-0.39, 0.29) is 24.7 Å². The Hall–Kier alpha value is -1.40. The second-order valence-corrected chi connectivity index (χ2v) is 3.61. The van der Waals surface area contributed by atoms with Crippen molar-refractivity contribution < 1.29 is 9.84 Å². The zero-order valence-corrected chi connectivity index (χ0v) is 8.23. The fourth-order valence-corrected chi connectivity index (χ4v) is 1.70. The molecule has 0 aliphatic carbocycles. The first-order chi connectivity index (χ1) is 7.20. The van der Waals surface area contributed by atoms with E-state index in [4.69, 9.17) is 21.0 Å². The van der Waals surface area contributed by atoms with Crippen molar-refractivity contribution in [2.24, 2.45) is 5.73 Å². The van der Waals surface area contributed by atoms with Gasteiger partial charge in [0.1, 0.15) is 0 Å². The standard InChI is InChI=1S/C9H14N4O2/c10-8(11)9-12-3-6(13-9)7-2-1-5(4-14)15-7/h3,5,7,14H,1-2,4H2,(H3,10,11)(H,12,13)/t5-,7+/m0/s1. The van der Waals surface area contributed by atoms with Gasteiger partial charge in [0.2, 0.25) is 0 Å². The second-order valence-electron chi connectivity index (χ2n) is 3.61. The summed E-state index contributed by atoms with van der Waals surface area (Å²) in [5, 5.41) is 16.1. The number of rotatable bonds is 3. The molecule has 1 saturated heterocycles. The largest absolute Gasteiger partial charge is 0.394 e. The van der Waals surface area contributed by atoms with E-state index < -0.39 is 0 Å². The van der Waals surface area contributed by atoms with Crippen LogP contribution in [0.5, 0.6) is 0 Å². The average molecular weight is 210 g/mol. The summed E-state index contributed by atoms with van der Waals surface area (Å²) in [7, 11) is 0. The van der Waals surface area contributed by atoms with Crippen molar-refractivity contribution in [1.29, 1.82) is 5.41 Å². The summed E-state index contributed by atoms with van der Waals surface area (Å²) in [6, 6.07) is 0. The van der Waals surface area contributed by atoms with E-state index in [1.807, 2.05) is 0 Å². The van der Waals surface area contributed by atoms with Gasteiger partial charge in [-0.25, -0.2) is 4.98 Å². The molecule has 0 aromatic carbocycles. The van der Waals surface area contributed by atoms with E-state index >= 15 is 0 Å². The van der Waals surface area contributed by atoms with Gasteiger partial charge in [-0.1, -0.05) is 0 Å². The lowest BCUT2D eigenvalue weighted by Gasteiger charge is -2.09. The molecule has 0 bridgehead atoms. The highest BCUT2D eigenvalue weighted by Crippen LogP contribution is 2.31. The molecule has 0 spiro atoms. The number of nitrogens with two attached hydrogens (primary N) is 1. The van der Waals surface area contributed by atoms with Crippen LogP contribution >= 0.6 is 0 Å². The van der Waals surface area contributed by atoms with Gasteiger partial charge >= 0.3 is 0 Å². The predicted molar refractivity (Wildman–Crippen MR) is 53.5 cm³/mol. The third kappa shape index (κ3) is 2.00. The van der Waals surface area contributed by atoms with Gasteiger partial charge < -0.3 is 20.6 Å². The molecule has 1 aromatic rings. The molecule has 0 radical (unpaired) electrons. The third-order valence-corrected chi connectivity index (χ3v) is 2.51. The Morgan fingerprint density at radius 1 is 1.73 bits per heavy atom. The molecule has 1 aromatic heterocycles. The molecule has 1 aliphatic heterocycles. The molecule has 0 saturated carbocycles. The van der Waals surface area contributed by atoms with Gasteiger partial charge in [0.05, 0.1) is 30.7 Å². The van der Waals surface area contributed by atoms with Crippen molar-refractivity contribution in [3.63, 3.8) is 0 Å². The summed E-state index contributed by atoms with van der Waals surface area (Å²) in [4.78, 5) is 6.90. The molecular weight excluding hydrogens is 196 g/mol. The minimum absolute atomic E-state index is 0.0458. The molecular formula is C9H14N4O2. The minimum Gasteiger partial charge on any atom is -0.394 e. The van der Waals surface area contributed by atoms with Crippen LogP contribution < -0.4 is 5.73 Å². The number of amidine groups is 1. The van der Waals surface area contributed by atoms with Crippen molar-refractivity contribution in [3.05, 3.63) is 17.7 Å². The van der Waals surface area contributed by atoms with Crippen LogP contribution in [0.25, 0.3) is 0 Å². The van der Waals surface area contributed by atoms with Gasteiger partial charge in [0.25, 0.3) is 0 Å². The Morgan fingerprint density at radius 2 is 2.53 bits per heavy atom. The highest BCUT2D eigenvalue weighted by Gasteiger charge is 2.27. The topological polar surface area (TPSA) is 108 Å². The number of nitrogen functional groups attached to an aromatic ring is 1. The summed E-state index contributed by atoms with van der Waals surface area (Å²) < 4.78 is 5.56. The van der Waals surface area contributed by atoms with Gasteiger partial charge in [-0.05, 0) is 12.8 Å². The number of imidazole rings is 1. The lowest BCUT2D eigenvalue weighted by Crippen LogP contribution is -2.13. The zero-order chi connectivity index (χ0) is 10.8. The molecule has 6 heteroatoms. The molecule has 82 valence electrons. The number of aliphatic hydroxyl groups excluding tert-OH is 1. The Bertz CT molecular complexity index is 363. The number of aliphatic hydroxyl groups is 1. The fourth-order valence-electron chi connectivity index (χ4n) is 1.70. The molecule has 0 amide bonds. The van der Waals surface area contributed by atoms with Crippen LogP contribution in [0.15, 0.2) is 6.20 Å². The van der Waals surface area contributed by atoms with E-state index in [2.05, 4.69) is 9.97 Å². The number of hydrogen-bond acceptors (Lipinski definition) is 4. The number of aromatic nitrogens is 2. The number of aromatic amines is 1. The van der Waals surface area contributed by atoms with E-state index in [1.54, 1.807) is 6.20 Å². The van der Waals surface area contributed by atoms with E-state index in [9.17, 15) is 0 Å². The van der Waals surface area contributed by atoms with E-state index in [1.165, 1.54) is 0 Å². The molecule has 1 fully saturated rings. The number of nitrogens with zero attached hydrogens (tertiary/aromatic N) is 1. The smallest absolute Gasteiger partial charge is 0.172 e. The Balaban J connectivity index is 2.07. The van der Waals surface area contributed by atoms with Crippen LogP contribution in [0, 0.1) is 5.41 Å². The second kappa shape index (κ2) is 4.00.